The third kappa shape index (κ3) is 3.13. The quantitative estimate of drug-likeness (QED) is 0.282. The Morgan fingerprint density at radius 3 is 1.68 bits per heavy atom. The minimum absolute atomic E-state index is 0.282. The van der Waals surface area contributed by atoms with Crippen LogP contribution in [0.2, 0.25) is 10.3 Å². The lowest BCUT2D eigenvalue weighted by molar-refractivity contribution is 0.315. The van der Waals surface area contributed by atoms with Gasteiger partial charge < -0.3 is 5.21 Å². The summed E-state index contributed by atoms with van der Waals surface area (Å²) >= 11 is 12.4. The average molecular weight is 371 g/mol. The van der Waals surface area contributed by atoms with Gasteiger partial charge in [0.15, 0.2) is 0 Å². The zero-order valence-corrected chi connectivity index (χ0v) is 15.0. The summed E-state index contributed by atoms with van der Waals surface area (Å²) in [5.74, 6) is 0. The van der Waals surface area contributed by atoms with Crippen molar-refractivity contribution in [1.29, 1.82) is 0 Å². The molecule has 0 saturated heterocycles. The topological polar surface area (TPSA) is 45.5 Å². The molecule has 126 valence electrons. The van der Waals surface area contributed by atoms with Gasteiger partial charge in [-0.2, -0.15) is 0 Å². The van der Waals surface area contributed by atoms with Gasteiger partial charge in [-0.3, -0.25) is 0 Å². The maximum Gasteiger partial charge on any atom is 0.131 e. The fourth-order valence-corrected chi connectivity index (χ4v) is 3.72. The van der Waals surface area contributed by atoms with Crippen molar-refractivity contribution in [3.63, 3.8) is 0 Å². The van der Waals surface area contributed by atoms with E-state index in [2.05, 4.69) is 10.1 Å². The SMILES string of the molecule is CC(=NO)C(c1ccccc1)(c1ccccc1)c1cc(Cl)nc(Cl)c1. The Hall–Kier alpha value is -2.36. The van der Waals surface area contributed by atoms with Crippen LogP contribution in [0.15, 0.2) is 78.0 Å². The minimum Gasteiger partial charge on any atom is -0.411 e. The summed E-state index contributed by atoms with van der Waals surface area (Å²) in [6, 6.07) is 23.1. The van der Waals surface area contributed by atoms with Crippen LogP contribution in [0.5, 0.6) is 0 Å². The van der Waals surface area contributed by atoms with Crippen molar-refractivity contribution in [1.82, 2.24) is 4.98 Å². The lowest BCUT2D eigenvalue weighted by atomic mass is 9.67. The van der Waals surface area contributed by atoms with Crippen molar-refractivity contribution in [2.75, 3.05) is 0 Å². The number of nitrogens with zero attached hydrogens (tertiary/aromatic N) is 2. The van der Waals surface area contributed by atoms with Crippen molar-refractivity contribution < 1.29 is 5.21 Å². The number of oxime groups is 1. The highest BCUT2D eigenvalue weighted by molar-refractivity contribution is 6.32. The maximum absolute atomic E-state index is 9.70. The number of benzene rings is 2. The van der Waals surface area contributed by atoms with Crippen LogP contribution in [0, 0.1) is 0 Å². The Morgan fingerprint density at radius 1 is 0.840 bits per heavy atom. The van der Waals surface area contributed by atoms with Gasteiger partial charge in [0.25, 0.3) is 0 Å². The third-order valence-corrected chi connectivity index (χ3v) is 4.69. The summed E-state index contributed by atoms with van der Waals surface area (Å²) in [6.07, 6.45) is 0. The molecule has 0 unspecified atom stereocenters. The number of halogens is 2. The molecule has 2 aromatic carbocycles. The molecular weight excluding hydrogens is 355 g/mol. The second-order valence-corrected chi connectivity index (χ2v) is 6.44. The zero-order valence-electron chi connectivity index (χ0n) is 13.5. The molecule has 0 spiro atoms. The summed E-state index contributed by atoms with van der Waals surface area (Å²) in [5.41, 5.74) is 2.33. The van der Waals surface area contributed by atoms with E-state index in [-0.39, 0.29) is 10.3 Å². The molecule has 3 nitrogen and oxygen atoms in total. The molecule has 0 aliphatic carbocycles. The third-order valence-electron chi connectivity index (χ3n) is 4.30. The van der Waals surface area contributed by atoms with E-state index in [0.717, 1.165) is 16.7 Å². The van der Waals surface area contributed by atoms with Crippen molar-refractivity contribution >= 4 is 28.9 Å². The van der Waals surface area contributed by atoms with Gasteiger partial charge in [-0.1, -0.05) is 89.0 Å². The molecule has 1 heterocycles. The van der Waals surface area contributed by atoms with Crippen LogP contribution in [0.3, 0.4) is 0 Å². The van der Waals surface area contributed by atoms with Crippen LogP contribution in [-0.4, -0.2) is 15.9 Å². The van der Waals surface area contributed by atoms with E-state index in [1.807, 2.05) is 60.7 Å². The van der Waals surface area contributed by atoms with Gasteiger partial charge in [0.05, 0.1) is 11.1 Å². The standard InChI is InChI=1S/C20H16Cl2N2O/c1-14(24-25)20(15-8-4-2-5-9-15,16-10-6-3-7-11-16)17-12-18(21)23-19(22)13-17/h2-13,25H,1H3. The molecule has 0 amide bonds. The van der Waals surface area contributed by atoms with Crippen LogP contribution in [0.4, 0.5) is 0 Å². The van der Waals surface area contributed by atoms with E-state index < -0.39 is 5.41 Å². The lowest BCUT2D eigenvalue weighted by Crippen LogP contribution is -2.37. The molecule has 0 aliphatic heterocycles. The average Bonchev–Trinajstić information content (AvgIpc) is 2.63. The second kappa shape index (κ2) is 7.26. The van der Waals surface area contributed by atoms with Gasteiger partial charge in [0.1, 0.15) is 10.3 Å². The van der Waals surface area contributed by atoms with E-state index in [4.69, 9.17) is 23.2 Å². The van der Waals surface area contributed by atoms with Crippen LogP contribution in [-0.2, 0) is 5.41 Å². The predicted octanol–water partition coefficient (Wildman–Crippen LogP) is 5.57. The number of aromatic nitrogens is 1. The van der Waals surface area contributed by atoms with Gasteiger partial charge in [-0.25, -0.2) is 4.98 Å². The molecule has 25 heavy (non-hydrogen) atoms. The Morgan fingerprint density at radius 2 is 1.28 bits per heavy atom. The van der Waals surface area contributed by atoms with Gasteiger partial charge in [0.2, 0.25) is 0 Å². The van der Waals surface area contributed by atoms with E-state index in [1.165, 1.54) is 0 Å². The number of hydrogen-bond acceptors (Lipinski definition) is 3. The highest BCUT2D eigenvalue weighted by Gasteiger charge is 2.40. The Kier molecular flexibility index (Phi) is 5.07. The van der Waals surface area contributed by atoms with Crippen LogP contribution >= 0.6 is 23.2 Å². The molecule has 0 bridgehead atoms. The van der Waals surface area contributed by atoms with Crippen LogP contribution in [0.25, 0.3) is 0 Å². The largest absolute Gasteiger partial charge is 0.411 e. The number of rotatable bonds is 4. The molecule has 3 rings (SSSR count). The highest BCUT2D eigenvalue weighted by atomic mass is 35.5. The fourth-order valence-electron chi connectivity index (χ4n) is 3.26. The predicted molar refractivity (Wildman–Crippen MR) is 102 cm³/mol. The normalized spacial score (nSPS) is 12.2. The van der Waals surface area contributed by atoms with E-state index in [9.17, 15) is 5.21 Å². The number of pyridine rings is 1. The molecule has 0 aliphatic rings. The minimum atomic E-state index is -0.840. The fraction of sp³-hybridized carbons (Fsp3) is 0.100. The molecule has 0 radical (unpaired) electrons. The summed E-state index contributed by atoms with van der Waals surface area (Å²) < 4.78 is 0. The highest BCUT2D eigenvalue weighted by Crippen LogP contribution is 2.41. The zero-order chi connectivity index (χ0) is 17.9. The summed E-state index contributed by atoms with van der Waals surface area (Å²) in [7, 11) is 0. The second-order valence-electron chi connectivity index (χ2n) is 5.67. The Balaban J connectivity index is 2.45. The summed E-state index contributed by atoms with van der Waals surface area (Å²) in [5, 5.41) is 13.8. The van der Waals surface area contributed by atoms with E-state index in [0.29, 0.717) is 5.71 Å². The molecule has 1 aromatic heterocycles. The molecule has 0 saturated carbocycles. The summed E-state index contributed by atoms with van der Waals surface area (Å²) in [4.78, 5) is 4.05. The smallest absolute Gasteiger partial charge is 0.131 e. The van der Waals surface area contributed by atoms with Crippen molar-refractivity contribution in [2.45, 2.75) is 12.3 Å². The molecule has 3 aromatic rings. The van der Waals surface area contributed by atoms with Crippen LogP contribution in [0.1, 0.15) is 23.6 Å². The van der Waals surface area contributed by atoms with Crippen molar-refractivity contribution in [3.05, 3.63) is 99.8 Å². The maximum atomic E-state index is 9.70. The van der Waals surface area contributed by atoms with Crippen molar-refractivity contribution in [3.8, 4) is 0 Å². The van der Waals surface area contributed by atoms with E-state index in [1.54, 1.807) is 19.1 Å². The Bertz CT molecular complexity index is 836. The van der Waals surface area contributed by atoms with Gasteiger partial charge in [-0.15, -0.1) is 0 Å². The van der Waals surface area contributed by atoms with Gasteiger partial charge in [0, 0.05) is 0 Å². The first-order valence-corrected chi connectivity index (χ1v) is 8.48. The van der Waals surface area contributed by atoms with E-state index >= 15 is 0 Å². The van der Waals surface area contributed by atoms with Crippen molar-refractivity contribution in [2.24, 2.45) is 5.16 Å². The van der Waals surface area contributed by atoms with Gasteiger partial charge >= 0.3 is 0 Å². The monoisotopic (exact) mass is 370 g/mol. The number of hydrogen-bond donors (Lipinski definition) is 1. The first-order valence-electron chi connectivity index (χ1n) is 7.72. The Labute approximate surface area is 156 Å². The molecule has 0 fully saturated rings. The first-order chi connectivity index (χ1) is 12.1. The molecule has 5 heteroatoms. The first kappa shape index (κ1) is 17.5. The lowest BCUT2D eigenvalue weighted by Gasteiger charge is -2.35. The molecular formula is C20H16Cl2N2O. The van der Waals surface area contributed by atoms with Gasteiger partial charge in [-0.05, 0) is 35.7 Å². The molecule has 1 N–H and O–H groups in total. The van der Waals surface area contributed by atoms with Crippen LogP contribution < -0.4 is 0 Å². The molecule has 0 atom stereocenters. The summed E-state index contributed by atoms with van der Waals surface area (Å²) in [6.45, 7) is 1.78.